The molecule has 0 atom stereocenters. The Morgan fingerprint density at radius 3 is 2.53 bits per heavy atom. The first-order chi connectivity index (χ1) is 6.83. The number of hydrogen-bond donors (Lipinski definition) is 2. The van der Waals surface area contributed by atoms with Crippen molar-refractivity contribution in [1.82, 2.24) is 5.32 Å². The predicted octanol–water partition coefficient (Wildman–Crippen LogP) is 1.35. The van der Waals surface area contributed by atoms with Crippen LogP contribution >= 0.6 is 33.9 Å². The molecular formula is C9H11IN2O2S. The van der Waals surface area contributed by atoms with E-state index in [1.54, 1.807) is 25.3 Å². The summed E-state index contributed by atoms with van der Waals surface area (Å²) in [5, 5.41) is 4.32. The Bertz CT molecular complexity index is 401. The van der Waals surface area contributed by atoms with E-state index < -0.39 is 11.4 Å². The summed E-state index contributed by atoms with van der Waals surface area (Å²) in [6, 6.07) is 1.76. The van der Waals surface area contributed by atoms with Crippen molar-refractivity contribution in [3.8, 4) is 0 Å². The Morgan fingerprint density at radius 1 is 1.53 bits per heavy atom. The van der Waals surface area contributed by atoms with Crippen molar-refractivity contribution in [2.24, 2.45) is 5.73 Å². The summed E-state index contributed by atoms with van der Waals surface area (Å²) in [7, 11) is 0. The molecule has 15 heavy (non-hydrogen) atoms. The third-order valence-corrected chi connectivity index (χ3v) is 3.66. The lowest BCUT2D eigenvalue weighted by molar-refractivity contribution is -0.122. The Kier molecular flexibility index (Phi) is 3.72. The van der Waals surface area contributed by atoms with E-state index in [4.69, 9.17) is 5.73 Å². The number of rotatable bonds is 3. The number of primary amides is 1. The number of thiophene rings is 1. The Morgan fingerprint density at radius 2 is 2.13 bits per heavy atom. The molecule has 0 radical (unpaired) electrons. The lowest BCUT2D eigenvalue weighted by Crippen LogP contribution is -2.52. The van der Waals surface area contributed by atoms with Crippen LogP contribution in [0.25, 0.3) is 0 Å². The molecular weight excluding hydrogens is 327 g/mol. The first-order valence-electron chi connectivity index (χ1n) is 4.19. The normalized spacial score (nSPS) is 11.1. The number of nitrogens with two attached hydrogens (primary N) is 1. The van der Waals surface area contributed by atoms with Crippen molar-refractivity contribution in [2.45, 2.75) is 19.4 Å². The van der Waals surface area contributed by atoms with Gasteiger partial charge in [0.2, 0.25) is 5.91 Å². The molecule has 0 aliphatic heterocycles. The minimum absolute atomic E-state index is 0.280. The van der Waals surface area contributed by atoms with E-state index in [0.29, 0.717) is 5.56 Å². The second-order valence-electron chi connectivity index (χ2n) is 3.58. The average molecular weight is 338 g/mol. The fourth-order valence-electron chi connectivity index (χ4n) is 0.847. The summed E-state index contributed by atoms with van der Waals surface area (Å²) < 4.78 is 1.02. The van der Waals surface area contributed by atoms with E-state index in [1.807, 2.05) is 0 Å². The molecule has 82 valence electrons. The third kappa shape index (κ3) is 3.16. The van der Waals surface area contributed by atoms with Crippen molar-refractivity contribution >= 4 is 45.7 Å². The monoisotopic (exact) mass is 338 g/mol. The molecule has 0 unspecified atom stereocenters. The fraction of sp³-hybridized carbons (Fsp3) is 0.333. The molecule has 4 nitrogen and oxygen atoms in total. The lowest BCUT2D eigenvalue weighted by atomic mass is 10.0. The Hall–Kier alpha value is -0.630. The molecule has 6 heteroatoms. The molecule has 1 aromatic heterocycles. The van der Waals surface area contributed by atoms with Gasteiger partial charge in [-0.3, -0.25) is 9.59 Å². The minimum Gasteiger partial charge on any atom is -0.368 e. The molecule has 0 aliphatic carbocycles. The molecule has 3 N–H and O–H groups in total. The van der Waals surface area contributed by atoms with Crippen LogP contribution in [0.1, 0.15) is 24.2 Å². The van der Waals surface area contributed by atoms with Gasteiger partial charge in [0, 0.05) is 5.38 Å². The van der Waals surface area contributed by atoms with E-state index in [2.05, 4.69) is 27.9 Å². The Labute approximate surface area is 105 Å². The molecule has 0 spiro atoms. The van der Waals surface area contributed by atoms with Crippen molar-refractivity contribution in [1.29, 1.82) is 0 Å². The van der Waals surface area contributed by atoms with Crippen LogP contribution < -0.4 is 11.1 Å². The summed E-state index contributed by atoms with van der Waals surface area (Å²) in [5.41, 5.74) is 4.68. The van der Waals surface area contributed by atoms with Gasteiger partial charge < -0.3 is 11.1 Å². The third-order valence-electron chi connectivity index (χ3n) is 1.87. The van der Waals surface area contributed by atoms with Gasteiger partial charge in [-0.1, -0.05) is 0 Å². The molecule has 0 aliphatic rings. The zero-order chi connectivity index (χ0) is 11.6. The van der Waals surface area contributed by atoms with Gasteiger partial charge in [0.1, 0.15) is 5.54 Å². The van der Waals surface area contributed by atoms with Crippen LogP contribution in [0, 0.1) is 2.88 Å². The zero-order valence-electron chi connectivity index (χ0n) is 8.33. The maximum atomic E-state index is 11.7. The smallest absolute Gasteiger partial charge is 0.253 e. The maximum Gasteiger partial charge on any atom is 0.253 e. The first kappa shape index (κ1) is 12.4. The Balaban J connectivity index is 2.76. The highest BCUT2D eigenvalue weighted by Crippen LogP contribution is 2.17. The number of nitrogens with one attached hydrogen (secondary N) is 1. The summed E-state index contributed by atoms with van der Waals surface area (Å²) >= 11 is 3.61. The number of hydrogen-bond acceptors (Lipinski definition) is 3. The van der Waals surface area contributed by atoms with Gasteiger partial charge in [-0.05, 0) is 42.5 Å². The highest BCUT2D eigenvalue weighted by Gasteiger charge is 2.27. The second-order valence-corrected chi connectivity index (χ2v) is 6.39. The fourth-order valence-corrected chi connectivity index (χ4v) is 2.17. The van der Waals surface area contributed by atoms with Gasteiger partial charge >= 0.3 is 0 Å². The van der Waals surface area contributed by atoms with Crippen molar-refractivity contribution in [3.05, 3.63) is 19.9 Å². The van der Waals surface area contributed by atoms with E-state index in [0.717, 1.165) is 2.88 Å². The standard InChI is InChI=1S/C9H11IN2O2S/c1-9(2,8(11)14)12-7(13)5-3-6(10)15-4-5/h3-4H,1-2H3,(H2,11,14)(H,12,13). The quantitative estimate of drug-likeness (QED) is 0.817. The largest absolute Gasteiger partial charge is 0.368 e. The average Bonchev–Trinajstić information content (AvgIpc) is 2.50. The van der Waals surface area contributed by atoms with E-state index in [9.17, 15) is 9.59 Å². The molecule has 1 heterocycles. The van der Waals surface area contributed by atoms with E-state index in [-0.39, 0.29) is 5.91 Å². The minimum atomic E-state index is -1.02. The van der Waals surface area contributed by atoms with Crippen LogP contribution in [0.2, 0.25) is 0 Å². The topological polar surface area (TPSA) is 72.2 Å². The van der Waals surface area contributed by atoms with Crippen molar-refractivity contribution in [2.75, 3.05) is 0 Å². The second kappa shape index (κ2) is 4.48. The molecule has 2 amide bonds. The zero-order valence-corrected chi connectivity index (χ0v) is 11.3. The maximum absolute atomic E-state index is 11.7. The molecule has 0 fully saturated rings. The van der Waals surface area contributed by atoms with Crippen LogP contribution in [0.15, 0.2) is 11.4 Å². The summed E-state index contributed by atoms with van der Waals surface area (Å²) in [6.45, 7) is 3.15. The number of amides is 2. The molecule has 1 aromatic rings. The molecule has 0 aromatic carbocycles. The first-order valence-corrected chi connectivity index (χ1v) is 6.15. The van der Waals surface area contributed by atoms with Gasteiger partial charge in [0.25, 0.3) is 5.91 Å². The lowest BCUT2D eigenvalue weighted by Gasteiger charge is -2.21. The predicted molar refractivity (Wildman–Crippen MR) is 67.8 cm³/mol. The van der Waals surface area contributed by atoms with Crippen LogP contribution in [-0.2, 0) is 4.79 Å². The van der Waals surface area contributed by atoms with Gasteiger partial charge in [0.15, 0.2) is 0 Å². The summed E-state index contributed by atoms with van der Waals surface area (Å²) in [5.74, 6) is -0.834. The number of halogens is 1. The van der Waals surface area contributed by atoms with Crippen molar-refractivity contribution in [3.63, 3.8) is 0 Å². The van der Waals surface area contributed by atoms with Crippen LogP contribution in [-0.4, -0.2) is 17.4 Å². The van der Waals surface area contributed by atoms with Gasteiger partial charge in [0.05, 0.1) is 8.45 Å². The SMILES string of the molecule is CC(C)(NC(=O)c1csc(I)c1)C(N)=O. The van der Waals surface area contributed by atoms with Crippen LogP contribution in [0.4, 0.5) is 0 Å². The van der Waals surface area contributed by atoms with Gasteiger partial charge in [-0.25, -0.2) is 0 Å². The van der Waals surface area contributed by atoms with Gasteiger partial charge in [-0.2, -0.15) is 0 Å². The highest BCUT2D eigenvalue weighted by molar-refractivity contribution is 14.1. The molecule has 0 bridgehead atoms. The van der Waals surface area contributed by atoms with Crippen LogP contribution in [0.3, 0.4) is 0 Å². The molecule has 0 saturated heterocycles. The molecule has 1 rings (SSSR count). The van der Waals surface area contributed by atoms with Gasteiger partial charge in [-0.15, -0.1) is 11.3 Å². The molecule has 0 saturated carbocycles. The number of carbonyl (C=O) groups is 2. The number of carbonyl (C=O) groups excluding carboxylic acids is 2. The highest BCUT2D eigenvalue weighted by atomic mass is 127. The van der Waals surface area contributed by atoms with E-state index >= 15 is 0 Å². The summed E-state index contributed by atoms with van der Waals surface area (Å²) in [4.78, 5) is 22.7. The van der Waals surface area contributed by atoms with Crippen molar-refractivity contribution < 1.29 is 9.59 Å². The summed E-state index contributed by atoms with van der Waals surface area (Å²) in [6.07, 6.45) is 0. The van der Waals surface area contributed by atoms with Crippen LogP contribution in [0.5, 0.6) is 0 Å². The van der Waals surface area contributed by atoms with E-state index in [1.165, 1.54) is 11.3 Å².